The van der Waals surface area contributed by atoms with Gasteiger partial charge in [-0.1, -0.05) is 0 Å². The molecule has 3 nitrogen and oxygen atoms in total. The second-order valence-corrected chi connectivity index (χ2v) is 4.73. The van der Waals surface area contributed by atoms with Crippen LogP contribution in [0.15, 0.2) is 12.1 Å². The minimum absolute atomic E-state index is 0.0913. The molecule has 0 radical (unpaired) electrons. The predicted octanol–water partition coefficient (Wildman–Crippen LogP) is 3.09. The molecular weight excluding hydrogens is 307 g/mol. The lowest BCUT2D eigenvalue weighted by molar-refractivity contribution is 0.0696. The number of aromatic carboxylic acids is 1. The number of ether oxygens (including phenoxy) is 1. The average Bonchev–Trinajstić information content (AvgIpc) is 2.09. The van der Waals surface area contributed by atoms with E-state index >= 15 is 0 Å². The number of aryl methyl sites for hydroxylation is 1. The highest BCUT2D eigenvalue weighted by Crippen LogP contribution is 2.26. The van der Waals surface area contributed by atoms with Crippen LogP contribution in [0.2, 0.25) is 0 Å². The van der Waals surface area contributed by atoms with Crippen LogP contribution in [0.25, 0.3) is 0 Å². The molecule has 0 atom stereocenters. The molecule has 1 aromatic rings. The zero-order valence-electron chi connectivity index (χ0n) is 8.87. The van der Waals surface area contributed by atoms with Gasteiger partial charge < -0.3 is 9.84 Å². The molecule has 1 N–H and O–H groups in total. The average molecular weight is 320 g/mol. The van der Waals surface area contributed by atoms with Gasteiger partial charge >= 0.3 is 5.97 Å². The third-order valence-corrected chi connectivity index (χ3v) is 2.71. The third kappa shape index (κ3) is 3.09. The molecule has 0 spiro atoms. The summed E-state index contributed by atoms with van der Waals surface area (Å²) in [5, 5.41) is 8.92. The minimum atomic E-state index is -0.901. The normalized spacial score (nSPS) is 10.5. The Balaban J connectivity index is 3.13. The van der Waals surface area contributed by atoms with Gasteiger partial charge in [-0.15, -0.1) is 0 Å². The van der Waals surface area contributed by atoms with Gasteiger partial charge in [0.25, 0.3) is 0 Å². The smallest absolute Gasteiger partial charge is 0.335 e. The molecule has 0 saturated carbocycles. The fraction of sp³-hybridized carbons (Fsp3) is 0.364. The first-order valence-electron chi connectivity index (χ1n) is 4.62. The van der Waals surface area contributed by atoms with E-state index in [2.05, 4.69) is 22.6 Å². The Bertz CT molecular complexity index is 386. The largest absolute Gasteiger partial charge is 0.490 e. The molecule has 0 amide bonds. The lowest BCUT2D eigenvalue weighted by atomic mass is 10.1. The van der Waals surface area contributed by atoms with E-state index in [4.69, 9.17) is 9.84 Å². The standard InChI is InChI=1S/C11H13IO3/c1-6(2)15-10-4-7(3)8(11(13)14)5-9(10)12/h4-6H,1-3H3,(H,13,14). The van der Waals surface area contributed by atoms with Gasteiger partial charge in [0.15, 0.2) is 0 Å². The second-order valence-electron chi connectivity index (χ2n) is 3.57. The van der Waals surface area contributed by atoms with Crippen molar-refractivity contribution in [1.29, 1.82) is 0 Å². The zero-order chi connectivity index (χ0) is 11.6. The van der Waals surface area contributed by atoms with Crippen LogP contribution in [0, 0.1) is 10.5 Å². The van der Waals surface area contributed by atoms with Crippen molar-refractivity contribution in [2.24, 2.45) is 0 Å². The summed E-state index contributed by atoms with van der Waals surface area (Å²) in [5.74, 6) is -0.158. The van der Waals surface area contributed by atoms with Gasteiger partial charge in [-0.25, -0.2) is 4.79 Å². The van der Waals surface area contributed by atoms with Gasteiger partial charge in [0.1, 0.15) is 5.75 Å². The van der Waals surface area contributed by atoms with E-state index in [0.717, 1.165) is 14.9 Å². The van der Waals surface area contributed by atoms with Crippen LogP contribution in [-0.4, -0.2) is 17.2 Å². The maximum atomic E-state index is 10.9. The number of hydrogen-bond donors (Lipinski definition) is 1. The Morgan fingerprint density at radius 3 is 2.53 bits per heavy atom. The summed E-state index contributed by atoms with van der Waals surface area (Å²) in [5.41, 5.74) is 1.05. The van der Waals surface area contributed by atoms with Crippen molar-refractivity contribution in [3.05, 3.63) is 26.8 Å². The second kappa shape index (κ2) is 4.83. The van der Waals surface area contributed by atoms with Crippen LogP contribution < -0.4 is 4.74 Å². The molecule has 0 saturated heterocycles. The first-order chi connectivity index (χ1) is 6.91. The lowest BCUT2D eigenvalue weighted by Gasteiger charge is -2.13. The Morgan fingerprint density at radius 2 is 2.07 bits per heavy atom. The van der Waals surface area contributed by atoms with E-state index < -0.39 is 5.97 Å². The lowest BCUT2D eigenvalue weighted by Crippen LogP contribution is -2.08. The Kier molecular flexibility index (Phi) is 3.96. The number of hydrogen-bond acceptors (Lipinski definition) is 2. The molecule has 0 bridgehead atoms. The Morgan fingerprint density at radius 1 is 1.47 bits per heavy atom. The fourth-order valence-corrected chi connectivity index (χ4v) is 1.82. The topological polar surface area (TPSA) is 46.5 Å². The molecule has 0 heterocycles. The maximum absolute atomic E-state index is 10.9. The molecule has 4 heteroatoms. The number of carboxylic acids is 1. The molecule has 0 fully saturated rings. The summed E-state index contributed by atoms with van der Waals surface area (Å²) >= 11 is 2.08. The molecule has 15 heavy (non-hydrogen) atoms. The number of carboxylic acid groups (broad SMARTS) is 1. The van der Waals surface area contributed by atoms with E-state index in [-0.39, 0.29) is 6.10 Å². The first kappa shape index (κ1) is 12.3. The molecule has 1 rings (SSSR count). The highest BCUT2D eigenvalue weighted by atomic mass is 127. The predicted molar refractivity (Wildman–Crippen MR) is 66.6 cm³/mol. The van der Waals surface area contributed by atoms with Crippen LogP contribution in [-0.2, 0) is 0 Å². The van der Waals surface area contributed by atoms with Crippen LogP contribution >= 0.6 is 22.6 Å². The van der Waals surface area contributed by atoms with Gasteiger partial charge in [0.2, 0.25) is 0 Å². The summed E-state index contributed by atoms with van der Waals surface area (Å²) < 4.78 is 6.38. The minimum Gasteiger partial charge on any atom is -0.490 e. The van der Waals surface area contributed by atoms with Crippen molar-refractivity contribution in [1.82, 2.24) is 0 Å². The van der Waals surface area contributed by atoms with Crippen LogP contribution in [0.4, 0.5) is 0 Å². The third-order valence-electron chi connectivity index (χ3n) is 1.87. The Hall–Kier alpha value is -0.780. The molecular formula is C11H13IO3. The molecule has 0 unspecified atom stereocenters. The Labute approximate surface area is 103 Å². The highest BCUT2D eigenvalue weighted by Gasteiger charge is 2.12. The number of halogens is 1. The van der Waals surface area contributed by atoms with Gasteiger partial charge in [-0.3, -0.25) is 0 Å². The fourth-order valence-electron chi connectivity index (χ4n) is 1.23. The summed E-state index contributed by atoms with van der Waals surface area (Å²) in [6.07, 6.45) is 0.0913. The zero-order valence-corrected chi connectivity index (χ0v) is 11.0. The summed E-state index contributed by atoms with van der Waals surface area (Å²) in [7, 11) is 0. The number of carbonyl (C=O) groups is 1. The van der Waals surface area contributed by atoms with E-state index in [0.29, 0.717) is 5.56 Å². The van der Waals surface area contributed by atoms with Crippen molar-refractivity contribution < 1.29 is 14.6 Å². The number of rotatable bonds is 3. The van der Waals surface area contributed by atoms with Gasteiger partial charge in [-0.2, -0.15) is 0 Å². The number of benzene rings is 1. The van der Waals surface area contributed by atoms with Gasteiger partial charge in [0, 0.05) is 0 Å². The summed E-state index contributed by atoms with van der Waals surface area (Å²) in [6, 6.07) is 3.40. The van der Waals surface area contributed by atoms with Gasteiger partial charge in [0.05, 0.1) is 15.2 Å². The monoisotopic (exact) mass is 320 g/mol. The molecule has 82 valence electrons. The highest BCUT2D eigenvalue weighted by molar-refractivity contribution is 14.1. The molecule has 0 aliphatic carbocycles. The molecule has 0 aliphatic rings. The van der Waals surface area contributed by atoms with Crippen LogP contribution in [0.1, 0.15) is 29.8 Å². The summed E-state index contributed by atoms with van der Waals surface area (Å²) in [6.45, 7) is 5.65. The van der Waals surface area contributed by atoms with Crippen molar-refractivity contribution >= 4 is 28.6 Å². The molecule has 0 aliphatic heterocycles. The van der Waals surface area contributed by atoms with Crippen molar-refractivity contribution in [3.8, 4) is 5.75 Å². The summed E-state index contributed by atoms with van der Waals surface area (Å²) in [4.78, 5) is 10.9. The van der Waals surface area contributed by atoms with Gasteiger partial charge in [-0.05, 0) is 61.1 Å². The van der Waals surface area contributed by atoms with Crippen LogP contribution in [0.5, 0.6) is 5.75 Å². The van der Waals surface area contributed by atoms with Crippen molar-refractivity contribution in [3.63, 3.8) is 0 Å². The van der Waals surface area contributed by atoms with E-state index in [1.54, 1.807) is 19.1 Å². The molecule has 1 aromatic carbocycles. The van der Waals surface area contributed by atoms with E-state index in [1.807, 2.05) is 13.8 Å². The van der Waals surface area contributed by atoms with Crippen LogP contribution in [0.3, 0.4) is 0 Å². The first-order valence-corrected chi connectivity index (χ1v) is 5.69. The SMILES string of the molecule is Cc1cc(OC(C)C)c(I)cc1C(=O)O. The molecule has 0 aromatic heterocycles. The van der Waals surface area contributed by atoms with Crippen molar-refractivity contribution in [2.45, 2.75) is 26.9 Å². The maximum Gasteiger partial charge on any atom is 0.335 e. The van der Waals surface area contributed by atoms with E-state index in [1.165, 1.54) is 0 Å². The van der Waals surface area contributed by atoms with Crippen molar-refractivity contribution in [2.75, 3.05) is 0 Å². The quantitative estimate of drug-likeness (QED) is 0.871. The van der Waals surface area contributed by atoms with E-state index in [9.17, 15) is 4.79 Å².